The fraction of sp³-hybridized carbons (Fsp3) is 0.333. The number of aromatic nitrogens is 5. The number of nitrogens with one attached hydrogen (secondary N) is 2. The third-order valence-electron chi connectivity index (χ3n) is 5.47. The molecule has 0 amide bonds. The van der Waals surface area contributed by atoms with Gasteiger partial charge in [0.05, 0.1) is 24.4 Å². The summed E-state index contributed by atoms with van der Waals surface area (Å²) in [6.45, 7) is 6.05. The molecule has 9 nitrogen and oxygen atoms in total. The fourth-order valence-electron chi connectivity index (χ4n) is 3.52. The van der Waals surface area contributed by atoms with Gasteiger partial charge in [-0.1, -0.05) is 38.1 Å². The molecule has 2 atom stereocenters. The van der Waals surface area contributed by atoms with Gasteiger partial charge in [-0.3, -0.25) is 4.98 Å². The smallest absolute Gasteiger partial charge is 0.201 e. The van der Waals surface area contributed by atoms with Crippen molar-refractivity contribution in [2.75, 3.05) is 17.2 Å². The zero-order valence-electron chi connectivity index (χ0n) is 19.0. The molecule has 9 heteroatoms. The van der Waals surface area contributed by atoms with E-state index in [9.17, 15) is 10.2 Å². The number of aliphatic hydroxyl groups is 2. The van der Waals surface area contributed by atoms with E-state index in [4.69, 9.17) is 0 Å². The number of pyridine rings is 1. The maximum absolute atomic E-state index is 9.91. The molecule has 0 aliphatic heterocycles. The van der Waals surface area contributed by atoms with Crippen molar-refractivity contribution in [2.24, 2.45) is 0 Å². The highest BCUT2D eigenvalue weighted by Gasteiger charge is 2.19. The Bertz CT molecular complexity index is 1190. The predicted molar refractivity (Wildman–Crippen MR) is 128 cm³/mol. The summed E-state index contributed by atoms with van der Waals surface area (Å²) in [7, 11) is 0. The van der Waals surface area contributed by atoms with Gasteiger partial charge in [0.2, 0.25) is 5.65 Å². The maximum Gasteiger partial charge on any atom is 0.201 e. The number of anilines is 2. The molecule has 4 N–H and O–H groups in total. The Morgan fingerprint density at radius 3 is 2.30 bits per heavy atom. The van der Waals surface area contributed by atoms with Crippen molar-refractivity contribution >= 4 is 17.2 Å². The predicted octanol–water partition coefficient (Wildman–Crippen LogP) is 3.08. The Morgan fingerprint density at radius 2 is 1.67 bits per heavy atom. The van der Waals surface area contributed by atoms with Crippen LogP contribution in [0.25, 0.3) is 16.8 Å². The molecular weight excluding hydrogens is 418 g/mol. The molecule has 0 spiro atoms. The van der Waals surface area contributed by atoms with Gasteiger partial charge in [0.25, 0.3) is 0 Å². The van der Waals surface area contributed by atoms with Crippen LogP contribution in [0.2, 0.25) is 0 Å². The van der Waals surface area contributed by atoms with Crippen molar-refractivity contribution in [1.29, 1.82) is 0 Å². The number of nitrogens with zero attached hydrogens (tertiary/aromatic N) is 5. The highest BCUT2D eigenvalue weighted by Crippen LogP contribution is 2.24. The summed E-state index contributed by atoms with van der Waals surface area (Å²) in [4.78, 5) is 4.07. The Morgan fingerprint density at radius 1 is 0.970 bits per heavy atom. The lowest BCUT2D eigenvalue weighted by Gasteiger charge is -2.20. The topological polar surface area (TPSA) is 120 Å². The van der Waals surface area contributed by atoms with Gasteiger partial charge >= 0.3 is 0 Å². The molecule has 0 aliphatic rings. The Hall–Kier alpha value is -3.56. The monoisotopic (exact) mass is 447 g/mol. The van der Waals surface area contributed by atoms with Crippen LogP contribution in [0.1, 0.15) is 38.1 Å². The molecule has 33 heavy (non-hydrogen) atoms. The Labute approximate surface area is 192 Å². The van der Waals surface area contributed by atoms with Gasteiger partial charge in [0, 0.05) is 30.9 Å². The van der Waals surface area contributed by atoms with Crippen LogP contribution >= 0.6 is 0 Å². The maximum atomic E-state index is 9.91. The highest BCUT2D eigenvalue weighted by atomic mass is 16.3. The quantitative estimate of drug-likeness (QED) is 0.309. The largest absolute Gasteiger partial charge is 0.394 e. The van der Waals surface area contributed by atoms with Crippen LogP contribution in [0.4, 0.5) is 11.5 Å². The number of hydrogen-bond donors (Lipinski definition) is 4. The fourth-order valence-corrected chi connectivity index (χ4v) is 3.52. The lowest BCUT2D eigenvalue weighted by molar-refractivity contribution is 0.132. The molecule has 0 fully saturated rings. The van der Waals surface area contributed by atoms with Crippen molar-refractivity contribution in [1.82, 2.24) is 24.8 Å². The SMILES string of the molecule is CC(C)c1nnc2c(NCc3ccc(-c4ccncc4)cc3)cc(N[C@H](CO)[C@@H](C)O)nn12. The molecule has 0 bridgehead atoms. The van der Waals surface area contributed by atoms with Gasteiger partial charge in [-0.05, 0) is 35.7 Å². The van der Waals surface area contributed by atoms with E-state index < -0.39 is 12.1 Å². The summed E-state index contributed by atoms with van der Waals surface area (Å²) in [5, 5.41) is 39.3. The van der Waals surface area contributed by atoms with Crippen molar-refractivity contribution < 1.29 is 10.2 Å². The van der Waals surface area contributed by atoms with E-state index in [0.29, 0.717) is 18.0 Å². The van der Waals surface area contributed by atoms with Crippen molar-refractivity contribution in [3.63, 3.8) is 0 Å². The minimum absolute atomic E-state index is 0.127. The van der Waals surface area contributed by atoms with Crippen LogP contribution in [0.5, 0.6) is 0 Å². The van der Waals surface area contributed by atoms with Crippen molar-refractivity contribution in [3.05, 3.63) is 66.2 Å². The number of fused-ring (bicyclic) bond motifs is 1. The molecule has 172 valence electrons. The summed E-state index contributed by atoms with van der Waals surface area (Å²) in [6.07, 6.45) is 2.83. The molecule has 0 saturated heterocycles. The summed E-state index contributed by atoms with van der Waals surface area (Å²) < 4.78 is 1.71. The van der Waals surface area contributed by atoms with E-state index >= 15 is 0 Å². The standard InChI is InChI=1S/C24H29N7O2/c1-15(2)23-28-29-24-20(12-22(30-31(23)24)27-21(14-32)16(3)33)26-13-17-4-6-18(7-5-17)19-8-10-25-11-9-19/h4-12,15-16,21,26,32-33H,13-14H2,1-3H3,(H,27,30)/t16-,21-/m1/s1. The van der Waals surface area contributed by atoms with E-state index in [2.05, 4.69) is 55.2 Å². The minimum Gasteiger partial charge on any atom is -0.394 e. The zero-order chi connectivity index (χ0) is 23.4. The lowest BCUT2D eigenvalue weighted by atomic mass is 10.1. The summed E-state index contributed by atoms with van der Waals surface area (Å²) in [5.74, 6) is 1.37. The van der Waals surface area contributed by atoms with Gasteiger partial charge in [-0.2, -0.15) is 4.52 Å². The van der Waals surface area contributed by atoms with E-state index in [-0.39, 0.29) is 12.5 Å². The molecule has 0 aliphatic carbocycles. The Balaban J connectivity index is 1.59. The molecule has 3 heterocycles. The van der Waals surface area contributed by atoms with Crippen LogP contribution in [0.15, 0.2) is 54.9 Å². The second-order valence-corrected chi connectivity index (χ2v) is 8.35. The highest BCUT2D eigenvalue weighted by molar-refractivity contribution is 5.70. The molecule has 0 radical (unpaired) electrons. The Kier molecular flexibility index (Phi) is 6.81. The van der Waals surface area contributed by atoms with Gasteiger partial charge in [-0.25, -0.2) is 0 Å². The molecule has 3 aromatic heterocycles. The van der Waals surface area contributed by atoms with Crippen LogP contribution in [0, 0.1) is 0 Å². The average molecular weight is 448 g/mol. The van der Waals surface area contributed by atoms with Crippen LogP contribution in [-0.4, -0.2) is 53.8 Å². The third-order valence-corrected chi connectivity index (χ3v) is 5.47. The van der Waals surface area contributed by atoms with Gasteiger partial charge in [0.1, 0.15) is 5.82 Å². The van der Waals surface area contributed by atoms with Crippen LogP contribution in [0.3, 0.4) is 0 Å². The van der Waals surface area contributed by atoms with Crippen molar-refractivity contribution in [3.8, 4) is 11.1 Å². The van der Waals surface area contributed by atoms with E-state index in [0.717, 1.165) is 28.2 Å². The second kappa shape index (κ2) is 9.93. The molecule has 0 unspecified atom stereocenters. The van der Waals surface area contributed by atoms with Gasteiger partial charge in [-0.15, -0.1) is 15.3 Å². The second-order valence-electron chi connectivity index (χ2n) is 8.35. The summed E-state index contributed by atoms with van der Waals surface area (Å²) in [5.41, 5.74) is 4.74. The van der Waals surface area contributed by atoms with Gasteiger partial charge < -0.3 is 20.8 Å². The molecule has 4 aromatic rings. The summed E-state index contributed by atoms with van der Waals surface area (Å²) in [6, 6.07) is 13.6. The molecule has 4 rings (SSSR count). The van der Waals surface area contributed by atoms with Crippen molar-refractivity contribution in [2.45, 2.75) is 45.4 Å². The summed E-state index contributed by atoms with van der Waals surface area (Å²) >= 11 is 0. The number of benzene rings is 1. The van der Waals surface area contributed by atoms with E-state index in [1.54, 1.807) is 23.8 Å². The number of aliphatic hydroxyl groups excluding tert-OH is 2. The number of rotatable bonds is 9. The zero-order valence-corrected chi connectivity index (χ0v) is 19.0. The van der Waals surface area contributed by atoms with Crippen LogP contribution < -0.4 is 10.6 Å². The lowest BCUT2D eigenvalue weighted by Crippen LogP contribution is -2.35. The van der Waals surface area contributed by atoms with E-state index in [1.165, 1.54) is 0 Å². The molecule has 1 aromatic carbocycles. The first-order valence-corrected chi connectivity index (χ1v) is 11.0. The minimum atomic E-state index is -0.742. The average Bonchev–Trinajstić information content (AvgIpc) is 3.26. The first kappa shape index (κ1) is 22.6. The first-order valence-electron chi connectivity index (χ1n) is 11.0. The van der Waals surface area contributed by atoms with E-state index in [1.807, 2.05) is 32.0 Å². The molecular formula is C24H29N7O2. The normalized spacial score (nSPS) is 13.3. The van der Waals surface area contributed by atoms with Crippen LogP contribution in [-0.2, 0) is 6.54 Å². The first-order chi connectivity index (χ1) is 16.0. The molecule has 0 saturated carbocycles. The third kappa shape index (κ3) is 5.10. The number of hydrogen-bond acceptors (Lipinski definition) is 8. The van der Waals surface area contributed by atoms with Gasteiger partial charge in [0.15, 0.2) is 5.82 Å².